The number of aryl methyl sites for hydroxylation is 1. The number of pyridine rings is 1. The van der Waals surface area contributed by atoms with Gasteiger partial charge in [0.25, 0.3) is 0 Å². The van der Waals surface area contributed by atoms with Gasteiger partial charge in [-0.1, -0.05) is 36.4 Å². The Kier molecular flexibility index (Phi) is 8.04. The number of hydrogen-bond donors (Lipinski definition) is 1. The summed E-state index contributed by atoms with van der Waals surface area (Å²) >= 11 is 1.79. The summed E-state index contributed by atoms with van der Waals surface area (Å²) < 4.78 is 13.0. The van der Waals surface area contributed by atoms with E-state index < -0.39 is 6.09 Å². The van der Waals surface area contributed by atoms with Crippen molar-refractivity contribution >= 4 is 17.9 Å². The molecule has 0 unspecified atom stereocenters. The molecule has 9 heteroatoms. The van der Waals surface area contributed by atoms with Crippen molar-refractivity contribution < 1.29 is 14.3 Å². The molecule has 2 aromatic heterocycles. The number of ether oxygens (including phenoxy) is 2. The molecule has 2 heterocycles. The first-order chi connectivity index (χ1) is 16.6. The summed E-state index contributed by atoms with van der Waals surface area (Å²) in [6.07, 6.45) is 8.04. The molecular formula is C25H27N5O3S. The van der Waals surface area contributed by atoms with Gasteiger partial charge < -0.3 is 14.8 Å². The van der Waals surface area contributed by atoms with E-state index in [2.05, 4.69) is 32.3 Å². The van der Waals surface area contributed by atoms with Gasteiger partial charge in [-0.3, -0.25) is 9.55 Å². The normalized spacial score (nSPS) is 13.2. The number of benzene rings is 1. The average Bonchev–Trinajstić information content (AvgIpc) is 3.52. The maximum absolute atomic E-state index is 11.1. The molecule has 0 saturated heterocycles. The Bertz CT molecular complexity index is 1180. The minimum atomic E-state index is -0.501. The van der Waals surface area contributed by atoms with Crippen LogP contribution in [0.5, 0.6) is 5.75 Å². The second-order valence-electron chi connectivity index (χ2n) is 7.86. The molecule has 176 valence electrons. The molecule has 1 fully saturated rings. The Labute approximate surface area is 203 Å². The van der Waals surface area contributed by atoms with Crippen LogP contribution in [0.2, 0.25) is 0 Å². The van der Waals surface area contributed by atoms with Crippen LogP contribution in [0.1, 0.15) is 42.6 Å². The average molecular weight is 478 g/mol. The van der Waals surface area contributed by atoms with E-state index in [0.717, 1.165) is 33.5 Å². The fraction of sp³-hybridized carbons (Fsp3) is 0.360. The SMILES string of the molecule is CNC(=O)OCC#Cc1ccc(OCc2nnc(SC3CCCC3)n2-c2cccnc2)cc1C. The number of alkyl carbamates (subject to hydrolysis) is 1. The number of aromatic nitrogens is 4. The summed E-state index contributed by atoms with van der Waals surface area (Å²) in [5, 5.41) is 12.7. The zero-order valence-corrected chi connectivity index (χ0v) is 20.1. The van der Waals surface area contributed by atoms with Crippen molar-refractivity contribution in [2.75, 3.05) is 13.7 Å². The van der Waals surface area contributed by atoms with E-state index in [1.54, 1.807) is 18.0 Å². The highest BCUT2D eigenvalue weighted by Crippen LogP contribution is 2.35. The number of nitrogens with zero attached hydrogens (tertiary/aromatic N) is 4. The lowest BCUT2D eigenvalue weighted by molar-refractivity contribution is 0.162. The van der Waals surface area contributed by atoms with E-state index in [9.17, 15) is 4.79 Å². The first kappa shape index (κ1) is 23.6. The highest BCUT2D eigenvalue weighted by molar-refractivity contribution is 7.99. The Morgan fingerprint density at radius 1 is 1.26 bits per heavy atom. The van der Waals surface area contributed by atoms with E-state index in [1.165, 1.54) is 32.7 Å². The summed E-state index contributed by atoms with van der Waals surface area (Å²) in [5.74, 6) is 7.30. The molecule has 0 radical (unpaired) electrons. The molecule has 0 aliphatic heterocycles. The minimum absolute atomic E-state index is 0.0303. The van der Waals surface area contributed by atoms with Crippen LogP contribution >= 0.6 is 11.8 Å². The van der Waals surface area contributed by atoms with Gasteiger partial charge in [0.15, 0.2) is 17.6 Å². The van der Waals surface area contributed by atoms with E-state index in [0.29, 0.717) is 5.25 Å². The molecule has 1 saturated carbocycles. The minimum Gasteiger partial charge on any atom is -0.486 e. The third kappa shape index (κ3) is 6.08. The number of carbonyl (C=O) groups is 1. The number of nitrogens with one attached hydrogen (secondary N) is 1. The predicted molar refractivity (Wildman–Crippen MR) is 130 cm³/mol. The molecule has 0 atom stereocenters. The second-order valence-corrected chi connectivity index (χ2v) is 9.13. The van der Waals surface area contributed by atoms with Gasteiger partial charge in [0.05, 0.1) is 11.9 Å². The topological polar surface area (TPSA) is 91.2 Å². The van der Waals surface area contributed by atoms with Crippen molar-refractivity contribution in [2.24, 2.45) is 0 Å². The Morgan fingerprint density at radius 3 is 2.85 bits per heavy atom. The van der Waals surface area contributed by atoms with Crippen LogP contribution in [-0.2, 0) is 11.3 Å². The van der Waals surface area contributed by atoms with Crippen LogP contribution in [0.25, 0.3) is 5.69 Å². The third-order valence-corrected chi connectivity index (χ3v) is 6.73. The molecule has 0 bridgehead atoms. The lowest BCUT2D eigenvalue weighted by Crippen LogP contribution is -2.19. The maximum atomic E-state index is 11.1. The third-order valence-electron chi connectivity index (χ3n) is 5.45. The number of rotatable bonds is 7. The predicted octanol–water partition coefficient (Wildman–Crippen LogP) is 4.29. The van der Waals surface area contributed by atoms with Crippen molar-refractivity contribution in [3.63, 3.8) is 0 Å². The fourth-order valence-corrected chi connectivity index (χ4v) is 4.96. The van der Waals surface area contributed by atoms with Crippen molar-refractivity contribution in [1.29, 1.82) is 0 Å². The van der Waals surface area contributed by atoms with Crippen molar-refractivity contribution in [3.05, 3.63) is 59.7 Å². The highest BCUT2D eigenvalue weighted by Gasteiger charge is 2.22. The molecule has 3 aromatic rings. The number of carbonyl (C=O) groups excluding carboxylic acids is 1. The Hall–Kier alpha value is -3.51. The largest absolute Gasteiger partial charge is 0.486 e. The maximum Gasteiger partial charge on any atom is 0.407 e. The number of thioether (sulfide) groups is 1. The molecule has 1 N–H and O–H groups in total. The number of hydrogen-bond acceptors (Lipinski definition) is 7. The van der Waals surface area contributed by atoms with E-state index in [4.69, 9.17) is 9.47 Å². The molecule has 8 nitrogen and oxygen atoms in total. The first-order valence-corrected chi connectivity index (χ1v) is 12.1. The van der Waals surface area contributed by atoms with Gasteiger partial charge in [0.2, 0.25) is 0 Å². The molecule has 1 aromatic carbocycles. The standard InChI is InChI=1S/C25H27N5O3S/c1-18-15-21(12-11-19(18)7-6-14-32-25(31)26-2)33-17-23-28-29-24(34-22-9-3-4-10-22)30(23)20-8-5-13-27-16-20/h5,8,11-13,15-16,22H,3-4,9-10,14,17H2,1-2H3,(H,26,31). The van der Waals surface area contributed by atoms with Gasteiger partial charge in [0, 0.05) is 24.1 Å². The Balaban J connectivity index is 1.46. The van der Waals surface area contributed by atoms with Crippen LogP contribution in [0.3, 0.4) is 0 Å². The second kappa shape index (κ2) is 11.6. The molecule has 34 heavy (non-hydrogen) atoms. The van der Waals surface area contributed by atoms with E-state index in [1.807, 2.05) is 48.0 Å². The molecule has 0 spiro atoms. The fourth-order valence-electron chi connectivity index (χ4n) is 3.69. The Morgan fingerprint density at radius 2 is 2.12 bits per heavy atom. The van der Waals surface area contributed by atoms with Gasteiger partial charge in [-0.25, -0.2) is 4.79 Å². The van der Waals surface area contributed by atoms with Crippen LogP contribution in [-0.4, -0.2) is 44.7 Å². The van der Waals surface area contributed by atoms with Crippen LogP contribution in [0, 0.1) is 18.8 Å². The van der Waals surface area contributed by atoms with Crippen molar-refractivity contribution in [2.45, 2.75) is 49.6 Å². The molecule has 1 aliphatic rings. The van der Waals surface area contributed by atoms with E-state index in [-0.39, 0.29) is 13.2 Å². The lowest BCUT2D eigenvalue weighted by atomic mass is 10.1. The first-order valence-electron chi connectivity index (χ1n) is 11.2. The summed E-state index contributed by atoms with van der Waals surface area (Å²) in [6, 6.07) is 9.61. The lowest BCUT2D eigenvalue weighted by Gasteiger charge is -2.13. The number of amides is 1. The summed E-state index contributed by atoms with van der Waals surface area (Å²) in [7, 11) is 1.51. The quantitative estimate of drug-likeness (QED) is 0.508. The monoisotopic (exact) mass is 477 g/mol. The van der Waals surface area contributed by atoms with Gasteiger partial charge in [-0.05, 0) is 55.7 Å². The van der Waals surface area contributed by atoms with Gasteiger partial charge in [-0.2, -0.15) is 0 Å². The molecule has 4 rings (SSSR count). The van der Waals surface area contributed by atoms with Gasteiger partial charge in [-0.15, -0.1) is 10.2 Å². The smallest absolute Gasteiger partial charge is 0.407 e. The van der Waals surface area contributed by atoms with Crippen LogP contribution < -0.4 is 10.1 Å². The van der Waals surface area contributed by atoms with Gasteiger partial charge >= 0.3 is 6.09 Å². The molecule has 1 aliphatic carbocycles. The summed E-state index contributed by atoms with van der Waals surface area (Å²) in [6.45, 7) is 2.27. The summed E-state index contributed by atoms with van der Waals surface area (Å²) in [4.78, 5) is 15.4. The summed E-state index contributed by atoms with van der Waals surface area (Å²) in [5.41, 5.74) is 2.74. The van der Waals surface area contributed by atoms with Crippen molar-refractivity contribution in [1.82, 2.24) is 25.1 Å². The van der Waals surface area contributed by atoms with Gasteiger partial charge in [0.1, 0.15) is 12.4 Å². The van der Waals surface area contributed by atoms with Crippen LogP contribution in [0.15, 0.2) is 47.9 Å². The highest BCUT2D eigenvalue weighted by atomic mass is 32.2. The molecular weight excluding hydrogens is 450 g/mol. The van der Waals surface area contributed by atoms with Crippen LogP contribution in [0.4, 0.5) is 4.79 Å². The van der Waals surface area contributed by atoms with Crippen molar-refractivity contribution in [3.8, 4) is 23.3 Å². The zero-order chi connectivity index (χ0) is 23.8. The zero-order valence-electron chi connectivity index (χ0n) is 19.3. The van der Waals surface area contributed by atoms with E-state index >= 15 is 0 Å². The molecule has 1 amide bonds.